The van der Waals surface area contributed by atoms with Crippen molar-refractivity contribution in [2.45, 2.75) is 70.8 Å². The molecule has 0 radical (unpaired) electrons. The maximum absolute atomic E-state index is 5.99. The molecule has 2 aromatic rings. The maximum Gasteiger partial charge on any atom is 0.199 e. The second-order valence-corrected chi connectivity index (χ2v) is 9.11. The largest absolute Gasteiger partial charge is 0.493 e. The van der Waals surface area contributed by atoms with Crippen LogP contribution in [0.1, 0.15) is 52.0 Å². The predicted octanol–water partition coefficient (Wildman–Crippen LogP) is 4.67. The van der Waals surface area contributed by atoms with E-state index in [1.165, 1.54) is 19.3 Å². The summed E-state index contributed by atoms with van der Waals surface area (Å²) in [5.41, 5.74) is 0.997. The summed E-state index contributed by atoms with van der Waals surface area (Å²) in [5, 5.41) is 5.04. The highest BCUT2D eigenvalue weighted by Crippen LogP contribution is 2.36. The summed E-state index contributed by atoms with van der Waals surface area (Å²) in [6.45, 7) is 6.61. The van der Waals surface area contributed by atoms with E-state index >= 15 is 0 Å². The van der Waals surface area contributed by atoms with Crippen molar-refractivity contribution in [1.82, 2.24) is 19.2 Å². The molecule has 2 heterocycles. The van der Waals surface area contributed by atoms with E-state index in [2.05, 4.69) is 23.3 Å². The van der Waals surface area contributed by atoms with Gasteiger partial charge in [0.1, 0.15) is 0 Å². The molecule has 1 saturated carbocycles. The molecule has 170 valence electrons. The summed E-state index contributed by atoms with van der Waals surface area (Å²) in [7, 11) is 3.31. The molecule has 0 bridgehead atoms. The second kappa shape index (κ2) is 9.71. The van der Waals surface area contributed by atoms with Gasteiger partial charge in [-0.2, -0.15) is 5.10 Å². The van der Waals surface area contributed by atoms with E-state index in [4.69, 9.17) is 31.5 Å². The van der Waals surface area contributed by atoms with Gasteiger partial charge < -0.3 is 14.2 Å². The molecule has 7 nitrogen and oxygen atoms in total. The molecule has 0 spiro atoms. The number of benzene rings is 1. The van der Waals surface area contributed by atoms with Crippen molar-refractivity contribution >= 4 is 12.2 Å². The Morgan fingerprint density at radius 1 is 1.10 bits per heavy atom. The Kier molecular flexibility index (Phi) is 6.99. The molecule has 0 amide bonds. The lowest BCUT2D eigenvalue weighted by Crippen LogP contribution is -2.47. The van der Waals surface area contributed by atoms with Gasteiger partial charge in [0.2, 0.25) is 0 Å². The SMILES string of the molecule is COc1ccc(-c2nn(CN3CC(C)OCC3C)c(=S)n2C2CCCCC2)cc1OC. The number of morpholine rings is 1. The van der Waals surface area contributed by atoms with Gasteiger partial charge >= 0.3 is 0 Å². The minimum Gasteiger partial charge on any atom is -0.493 e. The van der Waals surface area contributed by atoms with Gasteiger partial charge in [-0.05, 0) is 57.1 Å². The normalized spacial score (nSPS) is 23.1. The van der Waals surface area contributed by atoms with Gasteiger partial charge in [-0.3, -0.25) is 9.47 Å². The molecule has 1 aromatic carbocycles. The number of hydrogen-bond donors (Lipinski definition) is 0. The van der Waals surface area contributed by atoms with Gasteiger partial charge in [0.15, 0.2) is 22.1 Å². The van der Waals surface area contributed by atoms with Crippen molar-refractivity contribution in [2.24, 2.45) is 0 Å². The third-order valence-corrected chi connectivity index (χ3v) is 6.91. The van der Waals surface area contributed by atoms with Crippen LogP contribution in [-0.2, 0) is 11.4 Å². The number of ether oxygens (including phenoxy) is 3. The third kappa shape index (κ3) is 4.66. The lowest BCUT2D eigenvalue weighted by Gasteiger charge is -2.36. The maximum atomic E-state index is 5.99. The van der Waals surface area contributed by atoms with E-state index < -0.39 is 0 Å². The third-order valence-electron chi connectivity index (χ3n) is 6.50. The Labute approximate surface area is 189 Å². The number of rotatable bonds is 6. The first-order valence-corrected chi connectivity index (χ1v) is 11.7. The molecule has 2 unspecified atom stereocenters. The topological polar surface area (TPSA) is 53.7 Å². The fourth-order valence-electron chi connectivity index (χ4n) is 4.69. The Balaban J connectivity index is 1.74. The molecule has 2 fully saturated rings. The van der Waals surface area contributed by atoms with E-state index in [0.717, 1.165) is 42.2 Å². The summed E-state index contributed by atoms with van der Waals surface area (Å²) >= 11 is 5.99. The van der Waals surface area contributed by atoms with Gasteiger partial charge in [-0.1, -0.05) is 19.3 Å². The van der Waals surface area contributed by atoms with Crippen molar-refractivity contribution < 1.29 is 14.2 Å². The van der Waals surface area contributed by atoms with Crippen LogP contribution in [0.2, 0.25) is 0 Å². The van der Waals surface area contributed by atoms with Crippen LogP contribution < -0.4 is 9.47 Å². The molecule has 8 heteroatoms. The minimum absolute atomic E-state index is 0.219. The van der Waals surface area contributed by atoms with E-state index in [1.807, 2.05) is 22.9 Å². The summed E-state index contributed by atoms with van der Waals surface area (Å²) < 4.78 is 21.8. The lowest BCUT2D eigenvalue weighted by molar-refractivity contribution is -0.0625. The Morgan fingerprint density at radius 2 is 1.84 bits per heavy atom. The first kappa shape index (κ1) is 22.3. The van der Waals surface area contributed by atoms with E-state index in [9.17, 15) is 0 Å². The molecule has 0 N–H and O–H groups in total. The summed E-state index contributed by atoms with van der Waals surface area (Å²) in [6.07, 6.45) is 6.28. The molecule has 1 aliphatic carbocycles. The number of nitrogens with zero attached hydrogens (tertiary/aromatic N) is 4. The van der Waals surface area contributed by atoms with Crippen molar-refractivity contribution in [3.8, 4) is 22.9 Å². The monoisotopic (exact) mass is 446 g/mol. The van der Waals surface area contributed by atoms with Crippen LogP contribution >= 0.6 is 12.2 Å². The van der Waals surface area contributed by atoms with Crippen LogP contribution in [0.3, 0.4) is 0 Å². The average molecular weight is 447 g/mol. The summed E-state index contributed by atoms with van der Waals surface area (Å²) in [6, 6.07) is 6.70. The van der Waals surface area contributed by atoms with Crippen LogP contribution in [0, 0.1) is 4.77 Å². The molecule has 31 heavy (non-hydrogen) atoms. The summed E-state index contributed by atoms with van der Waals surface area (Å²) in [4.78, 5) is 2.40. The Morgan fingerprint density at radius 3 is 2.55 bits per heavy atom. The highest BCUT2D eigenvalue weighted by Gasteiger charge is 2.27. The molecular weight excluding hydrogens is 412 g/mol. The van der Waals surface area contributed by atoms with Gasteiger partial charge in [0, 0.05) is 24.2 Å². The molecule has 2 atom stereocenters. The zero-order chi connectivity index (χ0) is 22.0. The zero-order valence-corrected chi connectivity index (χ0v) is 19.9. The predicted molar refractivity (Wildman–Crippen MR) is 123 cm³/mol. The molecule has 1 aliphatic heterocycles. The fraction of sp³-hybridized carbons (Fsp3) is 0.652. The molecule has 2 aliphatic rings. The standard InChI is InChI=1S/C23H34N4O3S/c1-16-14-30-17(2)13-25(16)15-26-23(31)27(19-8-6-5-7-9-19)22(24-26)18-10-11-20(28-3)21(12-18)29-4/h10-12,16-17,19H,5-9,13-15H2,1-4H3. The first-order chi connectivity index (χ1) is 15.0. The highest BCUT2D eigenvalue weighted by atomic mass is 32.1. The molecule has 1 aromatic heterocycles. The zero-order valence-electron chi connectivity index (χ0n) is 19.0. The fourth-order valence-corrected chi connectivity index (χ4v) is 5.03. The van der Waals surface area contributed by atoms with Crippen molar-refractivity contribution in [2.75, 3.05) is 27.4 Å². The van der Waals surface area contributed by atoms with Gasteiger partial charge in [0.25, 0.3) is 0 Å². The van der Waals surface area contributed by atoms with Crippen LogP contribution in [0.4, 0.5) is 0 Å². The van der Waals surface area contributed by atoms with Gasteiger partial charge in [0.05, 0.1) is 33.6 Å². The van der Waals surface area contributed by atoms with Crippen molar-refractivity contribution in [3.63, 3.8) is 0 Å². The molecular formula is C23H34N4O3S. The Hall–Kier alpha value is -1.90. The van der Waals surface area contributed by atoms with Crippen LogP contribution in [0.5, 0.6) is 11.5 Å². The Bertz CT molecular complexity index is 951. The number of hydrogen-bond acceptors (Lipinski definition) is 6. The lowest BCUT2D eigenvalue weighted by atomic mass is 9.95. The van der Waals surface area contributed by atoms with Crippen LogP contribution in [-0.4, -0.2) is 58.8 Å². The van der Waals surface area contributed by atoms with Crippen LogP contribution in [0.15, 0.2) is 18.2 Å². The first-order valence-electron chi connectivity index (χ1n) is 11.3. The smallest absolute Gasteiger partial charge is 0.199 e. The molecule has 4 rings (SSSR count). The second-order valence-electron chi connectivity index (χ2n) is 8.74. The van der Waals surface area contributed by atoms with E-state index in [-0.39, 0.29) is 6.10 Å². The van der Waals surface area contributed by atoms with Crippen molar-refractivity contribution in [3.05, 3.63) is 23.0 Å². The average Bonchev–Trinajstić information content (AvgIpc) is 3.12. The molecule has 1 saturated heterocycles. The van der Waals surface area contributed by atoms with Gasteiger partial charge in [-0.15, -0.1) is 0 Å². The number of aromatic nitrogens is 3. The highest BCUT2D eigenvalue weighted by molar-refractivity contribution is 7.71. The van der Waals surface area contributed by atoms with E-state index in [1.54, 1.807) is 14.2 Å². The van der Waals surface area contributed by atoms with Crippen LogP contribution in [0.25, 0.3) is 11.4 Å². The van der Waals surface area contributed by atoms with E-state index in [0.29, 0.717) is 30.3 Å². The van der Waals surface area contributed by atoms with Gasteiger partial charge in [-0.25, -0.2) is 4.68 Å². The number of methoxy groups -OCH3 is 2. The minimum atomic E-state index is 0.219. The van der Waals surface area contributed by atoms with Crippen molar-refractivity contribution in [1.29, 1.82) is 0 Å². The quantitative estimate of drug-likeness (QED) is 0.601. The summed E-state index contributed by atoms with van der Waals surface area (Å²) in [5.74, 6) is 2.32.